The standard InChI is InChI=1S/C16H12F3NO3/c17-16(18,19)23-12-6-4-11(5-7-12)20-8-14-10(9-21)2-1-3-13(14)15(20)22/h1-7,21H,8-9H2. The van der Waals surface area contributed by atoms with E-state index < -0.39 is 6.36 Å². The number of hydrogen-bond acceptors (Lipinski definition) is 3. The maximum atomic E-state index is 12.4. The molecule has 0 aliphatic carbocycles. The van der Waals surface area contributed by atoms with Gasteiger partial charge < -0.3 is 14.7 Å². The maximum Gasteiger partial charge on any atom is 0.573 e. The molecule has 2 aromatic carbocycles. The molecule has 0 radical (unpaired) electrons. The number of nitrogens with zero attached hydrogens (tertiary/aromatic N) is 1. The van der Waals surface area contributed by atoms with Crippen molar-refractivity contribution in [1.82, 2.24) is 0 Å². The quantitative estimate of drug-likeness (QED) is 0.943. The summed E-state index contributed by atoms with van der Waals surface area (Å²) in [5.41, 5.74) is 2.35. The Balaban J connectivity index is 1.85. The summed E-state index contributed by atoms with van der Waals surface area (Å²) in [5.74, 6) is -0.596. The Labute approximate surface area is 129 Å². The first kappa shape index (κ1) is 15.4. The summed E-state index contributed by atoms with van der Waals surface area (Å²) >= 11 is 0. The molecule has 0 unspecified atom stereocenters. The molecular weight excluding hydrogens is 311 g/mol. The highest BCUT2D eigenvalue weighted by molar-refractivity contribution is 6.10. The summed E-state index contributed by atoms with van der Waals surface area (Å²) in [6.07, 6.45) is -4.75. The predicted octanol–water partition coefficient (Wildman–Crippen LogP) is 3.24. The van der Waals surface area contributed by atoms with E-state index in [2.05, 4.69) is 4.74 Å². The lowest BCUT2D eigenvalue weighted by atomic mass is 10.0. The van der Waals surface area contributed by atoms with E-state index in [1.807, 2.05) is 0 Å². The highest BCUT2D eigenvalue weighted by Gasteiger charge is 2.32. The molecule has 1 N–H and O–H groups in total. The van der Waals surface area contributed by atoms with Crippen molar-refractivity contribution in [2.75, 3.05) is 4.90 Å². The molecule has 3 rings (SSSR count). The number of carbonyl (C=O) groups is 1. The van der Waals surface area contributed by atoms with Gasteiger partial charge in [0, 0.05) is 11.3 Å². The number of amides is 1. The summed E-state index contributed by atoms with van der Waals surface area (Å²) in [6, 6.07) is 10.2. The van der Waals surface area contributed by atoms with Gasteiger partial charge in [0.1, 0.15) is 5.75 Å². The Morgan fingerprint density at radius 2 is 1.83 bits per heavy atom. The molecular formula is C16H12F3NO3. The third-order valence-corrected chi connectivity index (χ3v) is 3.62. The molecule has 0 bridgehead atoms. The van der Waals surface area contributed by atoms with E-state index in [0.29, 0.717) is 16.8 Å². The number of hydrogen-bond donors (Lipinski definition) is 1. The van der Waals surface area contributed by atoms with Crippen LogP contribution in [0.4, 0.5) is 18.9 Å². The first-order valence-corrected chi connectivity index (χ1v) is 6.78. The highest BCUT2D eigenvalue weighted by Crippen LogP contribution is 2.32. The number of ether oxygens (including phenoxy) is 1. The van der Waals surface area contributed by atoms with Crippen molar-refractivity contribution >= 4 is 11.6 Å². The molecule has 7 heteroatoms. The van der Waals surface area contributed by atoms with Crippen LogP contribution < -0.4 is 9.64 Å². The number of aliphatic hydroxyl groups excluding tert-OH is 1. The van der Waals surface area contributed by atoms with Crippen LogP contribution in [-0.4, -0.2) is 17.4 Å². The molecule has 23 heavy (non-hydrogen) atoms. The largest absolute Gasteiger partial charge is 0.573 e. The lowest BCUT2D eigenvalue weighted by Crippen LogP contribution is -2.23. The molecule has 1 heterocycles. The van der Waals surface area contributed by atoms with Gasteiger partial charge in [0.2, 0.25) is 0 Å². The summed E-state index contributed by atoms with van der Waals surface area (Å²) in [6.45, 7) is 0.0903. The Hall–Kier alpha value is -2.54. The third-order valence-electron chi connectivity index (χ3n) is 3.62. The fourth-order valence-corrected chi connectivity index (χ4v) is 2.58. The Morgan fingerprint density at radius 1 is 1.13 bits per heavy atom. The van der Waals surface area contributed by atoms with Crippen molar-refractivity contribution < 1.29 is 27.8 Å². The number of anilines is 1. The summed E-state index contributed by atoms with van der Waals surface area (Å²) < 4.78 is 40.3. The Bertz CT molecular complexity index is 741. The number of carbonyl (C=O) groups excluding carboxylic acids is 1. The number of fused-ring (bicyclic) bond motifs is 1. The molecule has 1 amide bonds. The second-order valence-electron chi connectivity index (χ2n) is 5.03. The van der Waals surface area contributed by atoms with E-state index in [4.69, 9.17) is 0 Å². The molecule has 0 saturated heterocycles. The van der Waals surface area contributed by atoms with Crippen LogP contribution in [0.2, 0.25) is 0 Å². The molecule has 4 nitrogen and oxygen atoms in total. The number of rotatable bonds is 3. The zero-order chi connectivity index (χ0) is 16.6. The van der Waals surface area contributed by atoms with Crippen molar-refractivity contribution in [3.8, 4) is 5.75 Å². The van der Waals surface area contributed by atoms with Crippen LogP contribution in [0.1, 0.15) is 21.5 Å². The molecule has 0 aromatic heterocycles. The smallest absolute Gasteiger partial charge is 0.406 e. The van der Waals surface area contributed by atoms with Gasteiger partial charge in [-0.15, -0.1) is 13.2 Å². The lowest BCUT2D eigenvalue weighted by molar-refractivity contribution is -0.274. The molecule has 2 aromatic rings. The summed E-state index contributed by atoms with van der Waals surface area (Å²) in [4.78, 5) is 13.9. The van der Waals surface area contributed by atoms with E-state index in [9.17, 15) is 23.1 Å². The minimum absolute atomic E-state index is 0.178. The Kier molecular flexibility index (Phi) is 3.73. The monoisotopic (exact) mass is 323 g/mol. The van der Waals surface area contributed by atoms with Crippen LogP contribution in [0.3, 0.4) is 0 Å². The van der Waals surface area contributed by atoms with E-state index in [0.717, 1.165) is 17.7 Å². The van der Waals surface area contributed by atoms with E-state index in [1.54, 1.807) is 18.2 Å². The SMILES string of the molecule is O=C1c2cccc(CO)c2CN1c1ccc(OC(F)(F)F)cc1. The topological polar surface area (TPSA) is 49.8 Å². The minimum Gasteiger partial charge on any atom is -0.406 e. The van der Waals surface area contributed by atoms with Gasteiger partial charge >= 0.3 is 6.36 Å². The summed E-state index contributed by atoms with van der Waals surface area (Å²) in [7, 11) is 0. The van der Waals surface area contributed by atoms with Crippen molar-refractivity contribution in [2.24, 2.45) is 0 Å². The van der Waals surface area contributed by atoms with Crippen LogP contribution in [0.5, 0.6) is 5.75 Å². The van der Waals surface area contributed by atoms with Crippen molar-refractivity contribution in [3.63, 3.8) is 0 Å². The van der Waals surface area contributed by atoms with Gasteiger partial charge in [0.25, 0.3) is 5.91 Å². The van der Waals surface area contributed by atoms with Crippen molar-refractivity contribution in [3.05, 3.63) is 59.2 Å². The van der Waals surface area contributed by atoms with Crippen molar-refractivity contribution in [1.29, 1.82) is 0 Å². The molecule has 1 aliphatic heterocycles. The van der Waals surface area contributed by atoms with Crippen LogP contribution in [0, 0.1) is 0 Å². The van der Waals surface area contributed by atoms with E-state index in [1.165, 1.54) is 17.0 Å². The molecule has 120 valence electrons. The van der Waals surface area contributed by atoms with E-state index in [-0.39, 0.29) is 24.8 Å². The zero-order valence-corrected chi connectivity index (χ0v) is 11.8. The van der Waals surface area contributed by atoms with Crippen molar-refractivity contribution in [2.45, 2.75) is 19.5 Å². The highest BCUT2D eigenvalue weighted by atomic mass is 19.4. The normalized spacial score (nSPS) is 14.1. The summed E-state index contributed by atoms with van der Waals surface area (Å²) in [5, 5.41) is 9.34. The van der Waals surface area contributed by atoms with Gasteiger partial charge in [-0.25, -0.2) is 0 Å². The van der Waals surface area contributed by atoms with Crippen LogP contribution in [0.15, 0.2) is 42.5 Å². The van der Waals surface area contributed by atoms with Gasteiger partial charge in [-0.05, 0) is 41.5 Å². The lowest BCUT2D eigenvalue weighted by Gasteiger charge is -2.16. The van der Waals surface area contributed by atoms with E-state index >= 15 is 0 Å². The van der Waals surface area contributed by atoms with Gasteiger partial charge in [-0.1, -0.05) is 12.1 Å². The van der Waals surface area contributed by atoms with Crippen LogP contribution in [0.25, 0.3) is 0 Å². The molecule has 1 aliphatic rings. The predicted molar refractivity (Wildman–Crippen MR) is 76.0 cm³/mol. The molecule has 0 atom stereocenters. The zero-order valence-electron chi connectivity index (χ0n) is 11.8. The minimum atomic E-state index is -4.75. The van der Waals surface area contributed by atoms with Gasteiger partial charge in [0.15, 0.2) is 0 Å². The second kappa shape index (κ2) is 5.58. The van der Waals surface area contributed by atoms with Gasteiger partial charge in [-0.3, -0.25) is 4.79 Å². The van der Waals surface area contributed by atoms with Gasteiger partial charge in [-0.2, -0.15) is 0 Å². The average molecular weight is 323 g/mol. The molecule has 0 spiro atoms. The maximum absolute atomic E-state index is 12.4. The average Bonchev–Trinajstić information content (AvgIpc) is 2.84. The number of halogens is 3. The molecule has 0 fully saturated rings. The number of aliphatic hydroxyl groups is 1. The Morgan fingerprint density at radius 3 is 2.43 bits per heavy atom. The van der Waals surface area contributed by atoms with Crippen LogP contribution >= 0.6 is 0 Å². The first-order chi connectivity index (χ1) is 10.9. The first-order valence-electron chi connectivity index (χ1n) is 6.78. The third kappa shape index (κ3) is 3.00. The molecule has 0 saturated carbocycles. The van der Waals surface area contributed by atoms with Gasteiger partial charge in [0.05, 0.1) is 13.2 Å². The fraction of sp³-hybridized carbons (Fsp3) is 0.188. The second-order valence-corrected chi connectivity index (χ2v) is 5.03. The number of benzene rings is 2. The fourth-order valence-electron chi connectivity index (χ4n) is 2.58. The van der Waals surface area contributed by atoms with Crippen LogP contribution in [-0.2, 0) is 13.2 Å². The number of alkyl halides is 3.